The third kappa shape index (κ3) is 5.36. The number of para-hydroxylation sites is 1. The van der Waals surface area contributed by atoms with Crippen LogP contribution in [0.25, 0.3) is 0 Å². The minimum Gasteiger partial charge on any atom is -0.508 e. The van der Waals surface area contributed by atoms with Crippen LogP contribution in [0.15, 0.2) is 151 Å². The molecule has 5 aliphatic rings. The van der Waals surface area contributed by atoms with Crippen LogP contribution in [0, 0.1) is 29.6 Å². The van der Waals surface area contributed by atoms with E-state index < -0.39 is 35.0 Å². The third-order valence-electron chi connectivity index (χ3n) is 12.5. The molecule has 3 fully saturated rings. The number of aromatic hydroxyl groups is 1. The first kappa shape index (κ1) is 35.0. The molecule has 6 atom stereocenters. The molecule has 3 heterocycles. The number of imide groups is 2. The number of halogens is 1. The number of phenolic OH excluding ortho intramolecular Hbond substituents is 1. The lowest BCUT2D eigenvalue weighted by Crippen LogP contribution is -2.55. The van der Waals surface area contributed by atoms with Crippen LogP contribution in [-0.4, -0.2) is 28.7 Å². The molecule has 282 valence electrons. The first-order valence-corrected chi connectivity index (χ1v) is 19.5. The Bertz CT molecular complexity index is 2560. The summed E-state index contributed by atoms with van der Waals surface area (Å²) in [5, 5.41) is 14.2. The number of carbonyl (C=O) groups excluding carboxylic acids is 4. The summed E-state index contributed by atoms with van der Waals surface area (Å²) in [6.45, 7) is 0. The third-order valence-corrected chi connectivity index (χ3v) is 12.7. The minimum atomic E-state index is -1.42. The number of amides is 4. The lowest BCUT2D eigenvalue weighted by atomic mass is 9.48. The van der Waals surface area contributed by atoms with E-state index in [1.807, 2.05) is 78.9 Å². The Morgan fingerprint density at radius 1 is 0.719 bits per heavy atom. The number of phenols is 1. The zero-order valence-corrected chi connectivity index (χ0v) is 31.3. The summed E-state index contributed by atoms with van der Waals surface area (Å²) < 4.78 is 6.23. The Morgan fingerprint density at radius 2 is 1.46 bits per heavy atom. The smallest absolute Gasteiger partial charge is 0.246 e. The van der Waals surface area contributed by atoms with Crippen molar-refractivity contribution in [2.45, 2.75) is 24.7 Å². The number of hydrogen-bond donors (Lipinski definition) is 2. The number of allylic oxidation sites excluding steroid dienone is 3. The Balaban J connectivity index is 1.09. The molecule has 2 N–H and O–H groups in total. The van der Waals surface area contributed by atoms with Crippen molar-refractivity contribution in [2.24, 2.45) is 29.6 Å². The van der Waals surface area contributed by atoms with Crippen LogP contribution in [-0.2, 0) is 31.0 Å². The van der Waals surface area contributed by atoms with Crippen molar-refractivity contribution in [3.8, 4) is 11.5 Å². The molecule has 57 heavy (non-hydrogen) atoms. The maximum Gasteiger partial charge on any atom is 0.246 e. The second kappa shape index (κ2) is 13.3. The predicted molar refractivity (Wildman–Crippen MR) is 216 cm³/mol. The molecule has 4 amide bonds. The van der Waals surface area contributed by atoms with Gasteiger partial charge in [-0.3, -0.25) is 24.1 Å². The van der Waals surface area contributed by atoms with E-state index in [-0.39, 0.29) is 35.8 Å². The summed E-state index contributed by atoms with van der Waals surface area (Å²) >= 11 is 6.45. The summed E-state index contributed by atoms with van der Waals surface area (Å²) in [5.74, 6) is -4.25. The highest BCUT2D eigenvalue weighted by Crippen LogP contribution is 2.64. The van der Waals surface area contributed by atoms with Crippen LogP contribution in [0.2, 0.25) is 5.02 Å². The summed E-state index contributed by atoms with van der Waals surface area (Å²) in [5.41, 5.74) is 4.12. The highest BCUT2D eigenvalue weighted by atomic mass is 35.5. The normalized spacial score (nSPS) is 26.2. The predicted octanol–water partition coefficient (Wildman–Crippen LogP) is 8.51. The van der Waals surface area contributed by atoms with E-state index in [1.165, 1.54) is 9.80 Å². The highest BCUT2D eigenvalue weighted by molar-refractivity contribution is 6.32. The van der Waals surface area contributed by atoms with Crippen LogP contribution >= 0.6 is 11.6 Å². The first-order valence-electron chi connectivity index (χ1n) is 19.1. The van der Waals surface area contributed by atoms with Gasteiger partial charge in [-0.15, -0.1) is 0 Å². The SMILES string of the molecule is O=C1[C@H]2[C@H](CC=C3[C@H](C4=COc5ccc(O)cc5C4)[C@]4(c5ccccc5)C(=O)N(c5cccc(Cl)c5)C(=O)[C@@H]4C[C@H]32)C(=O)N1c1ccc(Nc2ccccc2)cc1. The molecule has 2 saturated heterocycles. The van der Waals surface area contributed by atoms with Crippen molar-refractivity contribution in [2.75, 3.05) is 15.1 Å². The van der Waals surface area contributed by atoms with Crippen molar-refractivity contribution in [3.63, 3.8) is 0 Å². The van der Waals surface area contributed by atoms with Crippen molar-refractivity contribution < 1.29 is 29.0 Å². The molecule has 0 spiro atoms. The van der Waals surface area contributed by atoms with Crippen LogP contribution in [0.3, 0.4) is 0 Å². The van der Waals surface area contributed by atoms with Crippen LogP contribution in [0.5, 0.6) is 11.5 Å². The van der Waals surface area contributed by atoms with E-state index in [1.54, 1.807) is 60.9 Å². The van der Waals surface area contributed by atoms with E-state index >= 15 is 9.59 Å². The van der Waals surface area contributed by atoms with Gasteiger partial charge in [0.2, 0.25) is 23.6 Å². The number of ether oxygens (including phenoxy) is 1. The maximum absolute atomic E-state index is 15.5. The van der Waals surface area contributed by atoms with Gasteiger partial charge in [0.05, 0.1) is 40.8 Å². The topological polar surface area (TPSA) is 116 Å². The number of nitrogens with zero attached hydrogens (tertiary/aromatic N) is 2. The second-order valence-corrected chi connectivity index (χ2v) is 15.9. The monoisotopic (exact) mass is 773 g/mol. The van der Waals surface area contributed by atoms with Gasteiger partial charge in [-0.2, -0.15) is 0 Å². The van der Waals surface area contributed by atoms with Crippen LogP contribution < -0.4 is 19.9 Å². The number of hydrogen-bond acceptors (Lipinski definition) is 7. The van der Waals surface area contributed by atoms with Gasteiger partial charge in [0.1, 0.15) is 11.5 Å². The van der Waals surface area contributed by atoms with E-state index in [0.717, 1.165) is 28.1 Å². The number of rotatable bonds is 6. The van der Waals surface area contributed by atoms with Crippen molar-refractivity contribution in [1.82, 2.24) is 0 Å². The van der Waals surface area contributed by atoms with Gasteiger partial charge in [-0.1, -0.05) is 77.8 Å². The van der Waals surface area contributed by atoms with E-state index in [0.29, 0.717) is 40.6 Å². The molecule has 3 aliphatic heterocycles. The fourth-order valence-electron chi connectivity index (χ4n) is 10.2. The second-order valence-electron chi connectivity index (χ2n) is 15.4. The number of anilines is 4. The Labute approximate surface area is 333 Å². The summed E-state index contributed by atoms with van der Waals surface area (Å²) in [6, 6.07) is 38.0. The average molecular weight is 774 g/mol. The molecule has 10 rings (SSSR count). The fourth-order valence-corrected chi connectivity index (χ4v) is 10.4. The van der Waals surface area contributed by atoms with Crippen molar-refractivity contribution in [3.05, 3.63) is 167 Å². The molecule has 0 unspecified atom stereocenters. The van der Waals surface area contributed by atoms with Crippen molar-refractivity contribution in [1.29, 1.82) is 0 Å². The van der Waals surface area contributed by atoms with Crippen LogP contribution in [0.4, 0.5) is 22.7 Å². The zero-order valence-electron chi connectivity index (χ0n) is 30.5. The first-order chi connectivity index (χ1) is 27.7. The molecule has 5 aromatic rings. The summed E-state index contributed by atoms with van der Waals surface area (Å²) in [7, 11) is 0. The molecule has 2 aliphatic carbocycles. The van der Waals surface area contributed by atoms with Gasteiger partial charge in [0, 0.05) is 34.3 Å². The lowest BCUT2D eigenvalue weighted by molar-refractivity contribution is -0.128. The van der Waals surface area contributed by atoms with Gasteiger partial charge < -0.3 is 15.2 Å². The lowest BCUT2D eigenvalue weighted by Gasteiger charge is -2.51. The molecule has 0 aromatic heterocycles. The largest absolute Gasteiger partial charge is 0.508 e. The molecule has 0 bridgehead atoms. The molecular weight excluding hydrogens is 738 g/mol. The summed E-state index contributed by atoms with van der Waals surface area (Å²) in [6.07, 6.45) is 4.51. The molecule has 10 heteroatoms. The zero-order chi connectivity index (χ0) is 39.0. The van der Waals surface area contributed by atoms with Crippen LogP contribution in [0.1, 0.15) is 24.0 Å². The molecule has 5 aromatic carbocycles. The standard InChI is InChI=1S/C47H36ClN3O6/c48-30-10-7-13-34(24-30)51-44(54)39-25-38-36(19-20-37-41(38)45(55)50(43(37)53)33-16-14-32(15-17-33)49-31-11-5-2-6-12-31)42(47(39,46(51)56)29-8-3-1-4-9-29)28-22-27-23-35(52)18-21-40(27)57-26-28/h1-19,21,23-24,26,37-39,41-42,49,52H,20,22,25H2/t37-,38+,39-,41-,42-,47+/m0/s1. The van der Waals surface area contributed by atoms with Gasteiger partial charge in [0.15, 0.2) is 0 Å². The minimum absolute atomic E-state index is 0.0776. The average Bonchev–Trinajstić information content (AvgIpc) is 3.62. The molecular formula is C47H36ClN3O6. The highest BCUT2D eigenvalue weighted by Gasteiger charge is 2.70. The number of carbonyl (C=O) groups is 4. The quantitative estimate of drug-likeness (QED) is 0.131. The number of benzene rings is 5. The van der Waals surface area contributed by atoms with Gasteiger partial charge >= 0.3 is 0 Å². The van der Waals surface area contributed by atoms with Gasteiger partial charge in [-0.25, -0.2) is 4.90 Å². The van der Waals surface area contributed by atoms with Gasteiger partial charge in [-0.05, 0) is 103 Å². The Hall–Kier alpha value is -6.45. The number of fused-ring (bicyclic) bond motifs is 5. The van der Waals surface area contributed by atoms with E-state index in [9.17, 15) is 14.7 Å². The van der Waals surface area contributed by atoms with Gasteiger partial charge in [0.25, 0.3) is 0 Å². The fraction of sp³-hybridized carbons (Fsp3) is 0.191. The van der Waals surface area contributed by atoms with E-state index in [2.05, 4.69) is 5.32 Å². The number of nitrogens with one attached hydrogen (secondary N) is 1. The molecule has 9 nitrogen and oxygen atoms in total. The Kier molecular flexibility index (Phi) is 8.19. The molecule has 1 saturated carbocycles. The van der Waals surface area contributed by atoms with E-state index in [4.69, 9.17) is 16.3 Å². The van der Waals surface area contributed by atoms with Crippen molar-refractivity contribution >= 4 is 58.0 Å². The summed E-state index contributed by atoms with van der Waals surface area (Å²) in [4.78, 5) is 62.3. The molecule has 0 radical (unpaired) electrons. The maximum atomic E-state index is 15.5. The Morgan fingerprint density at radius 3 is 2.21 bits per heavy atom.